The molecule has 1 aromatic heterocycles. The van der Waals surface area contributed by atoms with E-state index in [1.165, 1.54) is 0 Å². The van der Waals surface area contributed by atoms with E-state index in [0.29, 0.717) is 6.42 Å². The maximum absolute atomic E-state index is 12.2. The summed E-state index contributed by atoms with van der Waals surface area (Å²) >= 11 is 0. The van der Waals surface area contributed by atoms with Gasteiger partial charge in [-0.1, -0.05) is 25.9 Å². The lowest BCUT2D eigenvalue weighted by Gasteiger charge is -2.17. The summed E-state index contributed by atoms with van der Waals surface area (Å²) in [6.45, 7) is 6.26. The molecular weight excluding hydrogens is 275 g/mol. The topological polar surface area (TPSA) is 68.0 Å². The maximum atomic E-state index is 12.2. The standard InChI is InChI=1S/C12H18F3N3O2/c1-11(2,3)6-4-9(19)16-7-5-8-17-10(20-18-8)12(13,14)15/h4-7H2,1-3H3,(H,16,19). The highest BCUT2D eigenvalue weighted by Gasteiger charge is 2.38. The zero-order valence-corrected chi connectivity index (χ0v) is 11.7. The number of amides is 1. The van der Waals surface area contributed by atoms with Gasteiger partial charge in [0.15, 0.2) is 5.82 Å². The van der Waals surface area contributed by atoms with Crippen molar-refractivity contribution in [2.45, 2.75) is 46.2 Å². The third kappa shape index (κ3) is 6.03. The Balaban J connectivity index is 2.31. The fraction of sp³-hybridized carbons (Fsp3) is 0.750. The molecule has 0 fully saturated rings. The van der Waals surface area contributed by atoms with Crippen molar-refractivity contribution in [3.05, 3.63) is 11.7 Å². The molecule has 5 nitrogen and oxygen atoms in total. The molecule has 0 saturated carbocycles. The molecule has 0 radical (unpaired) electrons. The monoisotopic (exact) mass is 293 g/mol. The van der Waals surface area contributed by atoms with Crippen molar-refractivity contribution >= 4 is 5.91 Å². The van der Waals surface area contributed by atoms with E-state index in [2.05, 4.69) is 20.0 Å². The van der Waals surface area contributed by atoms with Crippen LogP contribution in [-0.4, -0.2) is 22.6 Å². The minimum Gasteiger partial charge on any atom is -0.356 e. The van der Waals surface area contributed by atoms with Crippen molar-refractivity contribution < 1.29 is 22.5 Å². The van der Waals surface area contributed by atoms with Gasteiger partial charge in [0, 0.05) is 19.4 Å². The summed E-state index contributed by atoms with van der Waals surface area (Å²) in [4.78, 5) is 14.7. The first-order valence-electron chi connectivity index (χ1n) is 6.24. The average molecular weight is 293 g/mol. The Kier molecular flexibility index (Phi) is 5.13. The van der Waals surface area contributed by atoms with E-state index in [-0.39, 0.29) is 30.1 Å². The van der Waals surface area contributed by atoms with E-state index in [1.807, 2.05) is 20.8 Å². The lowest BCUT2D eigenvalue weighted by atomic mass is 9.90. The van der Waals surface area contributed by atoms with E-state index in [4.69, 9.17) is 0 Å². The van der Waals surface area contributed by atoms with Gasteiger partial charge in [0.05, 0.1) is 0 Å². The van der Waals surface area contributed by atoms with Crippen LogP contribution in [0, 0.1) is 5.41 Å². The summed E-state index contributed by atoms with van der Waals surface area (Å²) in [6.07, 6.45) is -3.43. The van der Waals surface area contributed by atoms with Crippen LogP contribution in [0.3, 0.4) is 0 Å². The van der Waals surface area contributed by atoms with Crippen molar-refractivity contribution in [1.82, 2.24) is 15.5 Å². The summed E-state index contributed by atoms with van der Waals surface area (Å²) in [5.74, 6) is -1.58. The number of alkyl halides is 3. The molecule has 0 spiro atoms. The number of aromatic nitrogens is 2. The Hall–Kier alpha value is -1.60. The minimum atomic E-state index is -4.64. The first-order valence-corrected chi connectivity index (χ1v) is 6.24. The van der Waals surface area contributed by atoms with Crippen LogP contribution in [0.5, 0.6) is 0 Å². The minimum absolute atomic E-state index is 0.0621. The highest BCUT2D eigenvalue weighted by Crippen LogP contribution is 2.27. The van der Waals surface area contributed by atoms with Gasteiger partial charge in [-0.15, -0.1) is 0 Å². The Bertz CT molecular complexity index is 450. The Morgan fingerprint density at radius 2 is 1.95 bits per heavy atom. The summed E-state index contributed by atoms with van der Waals surface area (Å²) in [7, 11) is 0. The van der Waals surface area contributed by atoms with E-state index in [1.54, 1.807) is 0 Å². The predicted molar refractivity (Wildman–Crippen MR) is 64.7 cm³/mol. The molecule has 1 N–H and O–H groups in total. The number of carbonyl (C=O) groups is 1. The molecule has 0 aliphatic carbocycles. The highest BCUT2D eigenvalue weighted by atomic mass is 19.4. The largest absolute Gasteiger partial charge is 0.471 e. The molecule has 1 aromatic rings. The van der Waals surface area contributed by atoms with Gasteiger partial charge < -0.3 is 9.84 Å². The second kappa shape index (κ2) is 6.23. The molecular formula is C12H18F3N3O2. The summed E-state index contributed by atoms with van der Waals surface area (Å²) in [5, 5.41) is 5.82. The van der Waals surface area contributed by atoms with Gasteiger partial charge in [-0.25, -0.2) is 0 Å². The molecule has 1 amide bonds. The van der Waals surface area contributed by atoms with Crippen LogP contribution in [0.15, 0.2) is 4.52 Å². The van der Waals surface area contributed by atoms with Gasteiger partial charge in [0.1, 0.15) is 0 Å². The maximum Gasteiger partial charge on any atom is 0.471 e. The number of carbonyl (C=O) groups excluding carboxylic acids is 1. The number of rotatable bonds is 5. The van der Waals surface area contributed by atoms with Crippen molar-refractivity contribution in [1.29, 1.82) is 0 Å². The molecule has 0 bridgehead atoms. The summed E-state index contributed by atoms with van der Waals surface area (Å²) in [6, 6.07) is 0. The molecule has 8 heteroatoms. The molecule has 0 saturated heterocycles. The molecule has 1 rings (SSSR count). The molecule has 0 atom stereocenters. The van der Waals surface area contributed by atoms with Crippen LogP contribution in [0.2, 0.25) is 0 Å². The van der Waals surface area contributed by atoms with Crippen LogP contribution in [-0.2, 0) is 17.4 Å². The molecule has 20 heavy (non-hydrogen) atoms. The highest BCUT2D eigenvalue weighted by molar-refractivity contribution is 5.75. The second-order valence-electron chi connectivity index (χ2n) is 5.67. The van der Waals surface area contributed by atoms with Gasteiger partial charge in [0.2, 0.25) is 5.91 Å². The number of nitrogens with one attached hydrogen (secondary N) is 1. The first kappa shape index (κ1) is 16.5. The van der Waals surface area contributed by atoms with Crippen molar-refractivity contribution in [3.8, 4) is 0 Å². The van der Waals surface area contributed by atoms with Crippen LogP contribution >= 0.6 is 0 Å². The lowest BCUT2D eigenvalue weighted by molar-refractivity contribution is -0.159. The van der Waals surface area contributed by atoms with Crippen molar-refractivity contribution in [3.63, 3.8) is 0 Å². The van der Waals surface area contributed by atoms with Crippen molar-refractivity contribution in [2.75, 3.05) is 6.54 Å². The SMILES string of the molecule is CC(C)(C)CCC(=O)NCCc1noc(C(F)(F)F)n1. The first-order chi connectivity index (χ1) is 9.08. The lowest BCUT2D eigenvalue weighted by Crippen LogP contribution is -2.26. The Morgan fingerprint density at radius 1 is 1.30 bits per heavy atom. The molecule has 0 aromatic carbocycles. The zero-order chi connectivity index (χ0) is 15.4. The molecule has 0 aliphatic rings. The van der Waals surface area contributed by atoms with Crippen molar-refractivity contribution in [2.24, 2.45) is 5.41 Å². The summed E-state index contributed by atoms with van der Waals surface area (Å²) < 4.78 is 40.7. The second-order valence-corrected chi connectivity index (χ2v) is 5.67. The summed E-state index contributed by atoms with van der Waals surface area (Å²) in [5.41, 5.74) is 0.0621. The van der Waals surface area contributed by atoms with Crippen LogP contribution < -0.4 is 5.32 Å². The third-order valence-corrected chi connectivity index (χ3v) is 2.48. The van der Waals surface area contributed by atoms with E-state index in [0.717, 1.165) is 6.42 Å². The zero-order valence-electron chi connectivity index (χ0n) is 11.7. The smallest absolute Gasteiger partial charge is 0.356 e. The van der Waals surface area contributed by atoms with Crippen LogP contribution in [0.1, 0.15) is 45.3 Å². The Morgan fingerprint density at radius 3 is 2.45 bits per heavy atom. The van der Waals surface area contributed by atoms with E-state index < -0.39 is 12.1 Å². The van der Waals surface area contributed by atoms with Gasteiger partial charge in [-0.3, -0.25) is 4.79 Å². The molecule has 1 heterocycles. The molecule has 0 unspecified atom stereocenters. The fourth-order valence-electron chi connectivity index (χ4n) is 1.36. The van der Waals surface area contributed by atoms with E-state index in [9.17, 15) is 18.0 Å². The quantitative estimate of drug-likeness (QED) is 0.906. The average Bonchev–Trinajstić information content (AvgIpc) is 2.74. The van der Waals surface area contributed by atoms with Gasteiger partial charge in [0.25, 0.3) is 0 Å². The van der Waals surface area contributed by atoms with Gasteiger partial charge in [-0.05, 0) is 11.8 Å². The van der Waals surface area contributed by atoms with Crippen LogP contribution in [0.25, 0.3) is 0 Å². The number of hydrogen-bond donors (Lipinski definition) is 1. The third-order valence-electron chi connectivity index (χ3n) is 2.48. The van der Waals surface area contributed by atoms with E-state index >= 15 is 0 Å². The van der Waals surface area contributed by atoms with Gasteiger partial charge >= 0.3 is 12.1 Å². The normalized spacial score (nSPS) is 12.5. The predicted octanol–water partition coefficient (Wildman–Crippen LogP) is 2.57. The fourth-order valence-corrected chi connectivity index (χ4v) is 1.36. The molecule has 114 valence electrons. The number of hydrogen-bond acceptors (Lipinski definition) is 4. The molecule has 0 aliphatic heterocycles. The van der Waals surface area contributed by atoms with Gasteiger partial charge in [-0.2, -0.15) is 18.2 Å². The number of nitrogens with zero attached hydrogens (tertiary/aromatic N) is 2. The van der Waals surface area contributed by atoms with Crippen LogP contribution in [0.4, 0.5) is 13.2 Å². The Labute approximate surface area is 114 Å². The number of halogens is 3.